The van der Waals surface area contributed by atoms with Gasteiger partial charge in [-0.2, -0.15) is 0 Å². The van der Waals surface area contributed by atoms with Gasteiger partial charge in [0.25, 0.3) is 0 Å². The standard InChI is InChI=1S/C19H25NO8S/c1-25-18(21)16(19(22)26-2)14-9-10-28-15(17(14)20-29(3,23)24)12-27-11-13-7-5-4-6-8-13/h4-10,14-17,20H,11-12H2,1-3H3/t14-,15+,17-/m0/s1. The van der Waals surface area contributed by atoms with Crippen LogP contribution in [0.15, 0.2) is 42.7 Å². The van der Waals surface area contributed by atoms with Crippen molar-refractivity contribution in [3.63, 3.8) is 0 Å². The van der Waals surface area contributed by atoms with E-state index in [2.05, 4.69) is 4.72 Å². The molecule has 0 saturated heterocycles. The van der Waals surface area contributed by atoms with Crippen LogP contribution >= 0.6 is 0 Å². The lowest BCUT2D eigenvalue weighted by Crippen LogP contribution is -2.55. The van der Waals surface area contributed by atoms with Crippen LogP contribution in [0.5, 0.6) is 0 Å². The number of nitrogens with one attached hydrogen (secondary N) is 1. The number of benzene rings is 1. The van der Waals surface area contributed by atoms with E-state index < -0.39 is 45.9 Å². The first kappa shape index (κ1) is 22.9. The van der Waals surface area contributed by atoms with Crippen LogP contribution in [0.3, 0.4) is 0 Å². The molecule has 1 N–H and O–H groups in total. The monoisotopic (exact) mass is 427 g/mol. The summed E-state index contributed by atoms with van der Waals surface area (Å²) in [5.74, 6) is -3.92. The molecular formula is C19H25NO8S. The maximum absolute atomic E-state index is 12.2. The molecule has 160 valence electrons. The van der Waals surface area contributed by atoms with Gasteiger partial charge < -0.3 is 18.9 Å². The Kier molecular flexibility index (Phi) is 8.18. The lowest BCUT2D eigenvalue weighted by Gasteiger charge is -2.36. The van der Waals surface area contributed by atoms with Gasteiger partial charge in [0, 0.05) is 5.92 Å². The Morgan fingerprint density at radius 1 is 1.14 bits per heavy atom. The lowest BCUT2D eigenvalue weighted by molar-refractivity contribution is -0.162. The molecule has 0 saturated carbocycles. The maximum atomic E-state index is 12.2. The van der Waals surface area contributed by atoms with Gasteiger partial charge in [0.2, 0.25) is 10.0 Å². The highest BCUT2D eigenvalue weighted by Crippen LogP contribution is 2.28. The fraction of sp³-hybridized carbons (Fsp3) is 0.474. The Morgan fingerprint density at radius 2 is 1.76 bits per heavy atom. The highest BCUT2D eigenvalue weighted by atomic mass is 32.2. The molecule has 9 nitrogen and oxygen atoms in total. The van der Waals surface area contributed by atoms with Crippen LogP contribution in [0.25, 0.3) is 0 Å². The van der Waals surface area contributed by atoms with Crippen LogP contribution in [0.2, 0.25) is 0 Å². The summed E-state index contributed by atoms with van der Waals surface area (Å²) in [4.78, 5) is 24.4. The second kappa shape index (κ2) is 10.4. The SMILES string of the molecule is COC(=O)C(C(=O)OC)[C@@H]1C=CO[C@H](COCc2ccccc2)[C@H]1NS(C)(=O)=O. The summed E-state index contributed by atoms with van der Waals surface area (Å²) in [7, 11) is -1.41. The minimum absolute atomic E-state index is 0.0258. The van der Waals surface area contributed by atoms with Crippen molar-refractivity contribution in [1.82, 2.24) is 4.72 Å². The number of hydrogen-bond acceptors (Lipinski definition) is 8. The van der Waals surface area contributed by atoms with Gasteiger partial charge in [-0.05, 0) is 11.6 Å². The molecule has 1 aromatic rings. The average molecular weight is 427 g/mol. The molecule has 2 rings (SSSR count). The first-order chi connectivity index (χ1) is 13.8. The Hall–Kier alpha value is -2.43. The van der Waals surface area contributed by atoms with Gasteiger partial charge in [0.1, 0.15) is 6.10 Å². The zero-order valence-electron chi connectivity index (χ0n) is 16.4. The average Bonchev–Trinajstić information content (AvgIpc) is 2.69. The smallest absolute Gasteiger partial charge is 0.320 e. The highest BCUT2D eigenvalue weighted by molar-refractivity contribution is 7.88. The fourth-order valence-corrected chi connectivity index (χ4v) is 3.89. The molecular weight excluding hydrogens is 402 g/mol. The molecule has 10 heteroatoms. The first-order valence-electron chi connectivity index (χ1n) is 8.83. The number of carbonyl (C=O) groups is 2. The topological polar surface area (TPSA) is 117 Å². The van der Waals surface area contributed by atoms with Gasteiger partial charge in [-0.15, -0.1) is 0 Å². The predicted molar refractivity (Wildman–Crippen MR) is 103 cm³/mol. The van der Waals surface area contributed by atoms with Crippen molar-refractivity contribution < 1.29 is 37.0 Å². The van der Waals surface area contributed by atoms with Crippen molar-refractivity contribution in [2.24, 2.45) is 11.8 Å². The molecule has 1 aliphatic heterocycles. The second-order valence-corrected chi connectivity index (χ2v) is 8.30. The molecule has 29 heavy (non-hydrogen) atoms. The number of ether oxygens (including phenoxy) is 4. The first-order valence-corrected chi connectivity index (χ1v) is 10.7. The normalized spacial score (nSPS) is 21.4. The van der Waals surface area contributed by atoms with E-state index in [4.69, 9.17) is 18.9 Å². The summed E-state index contributed by atoms with van der Waals surface area (Å²) in [5.41, 5.74) is 0.935. The van der Waals surface area contributed by atoms with Gasteiger partial charge in [-0.1, -0.05) is 30.3 Å². The third kappa shape index (κ3) is 6.55. The van der Waals surface area contributed by atoms with Crippen molar-refractivity contribution in [3.8, 4) is 0 Å². The van der Waals surface area contributed by atoms with Crippen molar-refractivity contribution in [2.75, 3.05) is 27.1 Å². The number of methoxy groups -OCH3 is 2. The number of sulfonamides is 1. The number of carbonyl (C=O) groups excluding carboxylic acids is 2. The quantitative estimate of drug-likeness (QED) is 0.450. The highest BCUT2D eigenvalue weighted by Gasteiger charge is 2.45. The molecule has 0 amide bonds. The summed E-state index contributed by atoms with van der Waals surface area (Å²) >= 11 is 0. The van der Waals surface area contributed by atoms with Crippen LogP contribution < -0.4 is 4.72 Å². The molecule has 0 aliphatic carbocycles. The van der Waals surface area contributed by atoms with E-state index in [0.717, 1.165) is 26.0 Å². The molecule has 1 aliphatic rings. The molecule has 3 atom stereocenters. The van der Waals surface area contributed by atoms with Crippen LogP contribution in [0.1, 0.15) is 5.56 Å². The number of hydrogen-bond donors (Lipinski definition) is 1. The van der Waals surface area contributed by atoms with Crippen molar-refractivity contribution >= 4 is 22.0 Å². The number of esters is 2. The summed E-state index contributed by atoms with van der Waals surface area (Å²) in [6.45, 7) is 0.316. The maximum Gasteiger partial charge on any atom is 0.320 e. The minimum atomic E-state index is -3.69. The van der Waals surface area contributed by atoms with Crippen LogP contribution in [0.4, 0.5) is 0 Å². The van der Waals surface area contributed by atoms with E-state index in [1.165, 1.54) is 12.3 Å². The molecule has 1 heterocycles. The molecule has 0 unspecified atom stereocenters. The minimum Gasteiger partial charge on any atom is -0.494 e. The summed E-state index contributed by atoms with van der Waals surface area (Å²) in [6.07, 6.45) is 2.96. The van der Waals surface area contributed by atoms with Gasteiger partial charge in [0.05, 0.1) is 46.0 Å². The van der Waals surface area contributed by atoms with Gasteiger partial charge in [-0.3, -0.25) is 9.59 Å². The summed E-state index contributed by atoms with van der Waals surface area (Å²) in [5, 5.41) is 0. The Bertz CT molecular complexity index is 808. The van der Waals surface area contributed by atoms with Crippen molar-refractivity contribution in [3.05, 3.63) is 48.2 Å². The van der Waals surface area contributed by atoms with E-state index in [1.54, 1.807) is 0 Å². The Morgan fingerprint density at radius 3 is 2.31 bits per heavy atom. The third-order valence-electron chi connectivity index (χ3n) is 4.41. The van der Waals surface area contributed by atoms with E-state index in [9.17, 15) is 18.0 Å². The zero-order chi connectivity index (χ0) is 21.4. The fourth-order valence-electron chi connectivity index (χ4n) is 3.08. The van der Waals surface area contributed by atoms with E-state index in [0.29, 0.717) is 0 Å². The largest absolute Gasteiger partial charge is 0.494 e. The Labute approximate surface area is 170 Å². The summed E-state index contributed by atoms with van der Waals surface area (Å²) in [6, 6.07) is 8.46. The Balaban J connectivity index is 2.22. The predicted octanol–water partition coefficient (Wildman–Crippen LogP) is 0.612. The van der Waals surface area contributed by atoms with Crippen molar-refractivity contribution in [1.29, 1.82) is 0 Å². The molecule has 0 fully saturated rings. The zero-order valence-corrected chi connectivity index (χ0v) is 17.3. The second-order valence-electron chi connectivity index (χ2n) is 6.52. The van der Waals surface area contributed by atoms with E-state index >= 15 is 0 Å². The molecule has 0 radical (unpaired) electrons. The van der Waals surface area contributed by atoms with E-state index in [-0.39, 0.29) is 13.2 Å². The lowest BCUT2D eigenvalue weighted by atomic mass is 9.82. The van der Waals surface area contributed by atoms with E-state index in [1.807, 2.05) is 30.3 Å². The van der Waals surface area contributed by atoms with Crippen molar-refractivity contribution in [2.45, 2.75) is 18.8 Å². The molecule has 0 spiro atoms. The third-order valence-corrected chi connectivity index (χ3v) is 5.11. The van der Waals surface area contributed by atoms with Gasteiger partial charge >= 0.3 is 11.9 Å². The van der Waals surface area contributed by atoms with Crippen LogP contribution in [-0.4, -0.2) is 59.6 Å². The molecule has 1 aromatic carbocycles. The van der Waals surface area contributed by atoms with Gasteiger partial charge in [-0.25, -0.2) is 13.1 Å². The summed E-state index contributed by atoms with van der Waals surface area (Å²) < 4.78 is 47.0. The van der Waals surface area contributed by atoms with Crippen LogP contribution in [-0.2, 0) is 45.2 Å². The van der Waals surface area contributed by atoms with Gasteiger partial charge in [0.15, 0.2) is 5.92 Å². The number of rotatable bonds is 9. The molecule has 0 aromatic heterocycles. The molecule has 0 bridgehead atoms. The van der Waals surface area contributed by atoms with Crippen LogP contribution in [0, 0.1) is 11.8 Å².